The lowest BCUT2D eigenvalue weighted by molar-refractivity contribution is 0.0438. The molecule has 1 aliphatic rings. The van der Waals surface area contributed by atoms with Crippen LogP contribution in [0.25, 0.3) is 0 Å². The first-order chi connectivity index (χ1) is 10.0. The van der Waals surface area contributed by atoms with Crippen LogP contribution in [0.1, 0.15) is 42.1 Å². The number of likely N-dealkylation sites (N-methyl/N-ethyl adjacent to an activating group) is 1. The van der Waals surface area contributed by atoms with Gasteiger partial charge in [0.25, 0.3) is 5.91 Å². The Bertz CT molecular complexity index is 485. The van der Waals surface area contributed by atoms with Gasteiger partial charge in [-0.1, -0.05) is 18.2 Å². The van der Waals surface area contributed by atoms with Crippen LogP contribution in [0.15, 0.2) is 24.3 Å². The van der Waals surface area contributed by atoms with Crippen LogP contribution in [0.2, 0.25) is 0 Å². The van der Waals surface area contributed by atoms with Crippen LogP contribution < -0.4 is 5.32 Å². The van der Waals surface area contributed by atoms with Gasteiger partial charge in [-0.15, -0.1) is 0 Å². The molecule has 1 atom stereocenters. The first kappa shape index (κ1) is 16.0. The highest BCUT2D eigenvalue weighted by molar-refractivity contribution is 5.95. The number of hydrogen-bond donors (Lipinski definition) is 2. The molecular formula is C17H26N2O2. The summed E-state index contributed by atoms with van der Waals surface area (Å²) in [5, 5.41) is 13.3. The quantitative estimate of drug-likeness (QED) is 0.889. The normalized spacial score (nSPS) is 22.9. The minimum atomic E-state index is -0.638. The van der Waals surface area contributed by atoms with Gasteiger partial charge >= 0.3 is 0 Å². The van der Waals surface area contributed by atoms with Gasteiger partial charge in [0.15, 0.2) is 0 Å². The molecule has 4 heteroatoms. The SMILES string of the molecule is CNCCc1ccccc1C(=O)N1CCCC(C)(O)CC1. The molecule has 0 bridgehead atoms. The molecule has 0 aromatic heterocycles. The van der Waals surface area contributed by atoms with Crippen molar-refractivity contribution in [1.29, 1.82) is 0 Å². The van der Waals surface area contributed by atoms with Gasteiger partial charge < -0.3 is 15.3 Å². The molecule has 1 aromatic rings. The van der Waals surface area contributed by atoms with E-state index < -0.39 is 5.60 Å². The number of likely N-dealkylation sites (tertiary alicyclic amines) is 1. The molecule has 21 heavy (non-hydrogen) atoms. The van der Waals surface area contributed by atoms with Crippen LogP contribution in [-0.2, 0) is 6.42 Å². The fourth-order valence-corrected chi connectivity index (χ4v) is 2.84. The average molecular weight is 290 g/mol. The molecule has 0 radical (unpaired) electrons. The summed E-state index contributed by atoms with van der Waals surface area (Å²) in [6.45, 7) is 4.09. The van der Waals surface area contributed by atoms with Crippen LogP contribution in [0, 0.1) is 0 Å². The minimum Gasteiger partial charge on any atom is -0.390 e. The third-order valence-corrected chi connectivity index (χ3v) is 4.24. The van der Waals surface area contributed by atoms with Crippen molar-refractivity contribution in [3.8, 4) is 0 Å². The van der Waals surface area contributed by atoms with Crippen LogP contribution in [0.4, 0.5) is 0 Å². The molecule has 116 valence electrons. The fourth-order valence-electron chi connectivity index (χ4n) is 2.84. The maximum Gasteiger partial charge on any atom is 0.254 e. The molecule has 2 rings (SSSR count). The number of carbonyl (C=O) groups is 1. The molecule has 1 amide bonds. The van der Waals surface area contributed by atoms with Crippen LogP contribution in [0.3, 0.4) is 0 Å². The zero-order chi connectivity index (χ0) is 15.3. The molecule has 1 aromatic carbocycles. The Labute approximate surface area is 127 Å². The highest BCUT2D eigenvalue weighted by Crippen LogP contribution is 2.23. The largest absolute Gasteiger partial charge is 0.390 e. The molecule has 0 spiro atoms. The van der Waals surface area contributed by atoms with Gasteiger partial charge in [-0.05, 0) is 57.8 Å². The third kappa shape index (κ3) is 4.29. The van der Waals surface area contributed by atoms with Crippen molar-refractivity contribution in [1.82, 2.24) is 10.2 Å². The van der Waals surface area contributed by atoms with E-state index in [1.165, 1.54) is 0 Å². The number of benzene rings is 1. The lowest BCUT2D eigenvalue weighted by Crippen LogP contribution is -2.34. The van der Waals surface area contributed by atoms with Gasteiger partial charge in [0.1, 0.15) is 0 Å². The van der Waals surface area contributed by atoms with E-state index in [1.54, 1.807) is 0 Å². The zero-order valence-corrected chi connectivity index (χ0v) is 13.1. The van der Waals surface area contributed by atoms with Crippen molar-refractivity contribution in [2.45, 2.75) is 38.2 Å². The Kier molecular flexibility index (Phi) is 5.37. The Morgan fingerprint density at radius 1 is 1.33 bits per heavy atom. The predicted octanol–water partition coefficient (Wildman–Crippen LogP) is 1.83. The van der Waals surface area contributed by atoms with Gasteiger partial charge in [-0.25, -0.2) is 0 Å². The predicted molar refractivity (Wildman–Crippen MR) is 84.5 cm³/mol. The minimum absolute atomic E-state index is 0.0967. The summed E-state index contributed by atoms with van der Waals surface area (Å²) in [6, 6.07) is 7.84. The number of carbonyl (C=O) groups excluding carboxylic acids is 1. The Morgan fingerprint density at radius 3 is 2.86 bits per heavy atom. The summed E-state index contributed by atoms with van der Waals surface area (Å²) in [4.78, 5) is 14.7. The number of aliphatic hydroxyl groups is 1. The second-order valence-corrected chi connectivity index (χ2v) is 6.15. The second-order valence-electron chi connectivity index (χ2n) is 6.15. The molecule has 0 saturated carbocycles. The number of rotatable bonds is 4. The molecule has 0 aliphatic carbocycles. The van der Waals surface area contributed by atoms with E-state index in [9.17, 15) is 9.90 Å². The Balaban J connectivity index is 2.12. The van der Waals surface area contributed by atoms with Crippen LogP contribution >= 0.6 is 0 Å². The van der Waals surface area contributed by atoms with E-state index in [4.69, 9.17) is 0 Å². The van der Waals surface area contributed by atoms with Crippen molar-refractivity contribution in [3.63, 3.8) is 0 Å². The molecule has 1 unspecified atom stereocenters. The monoisotopic (exact) mass is 290 g/mol. The van der Waals surface area contributed by atoms with E-state index in [0.29, 0.717) is 13.0 Å². The fraction of sp³-hybridized carbons (Fsp3) is 0.588. The molecular weight excluding hydrogens is 264 g/mol. The molecule has 1 fully saturated rings. The maximum atomic E-state index is 12.8. The topological polar surface area (TPSA) is 52.6 Å². The summed E-state index contributed by atoms with van der Waals surface area (Å²) in [6.07, 6.45) is 3.12. The van der Waals surface area contributed by atoms with E-state index in [2.05, 4.69) is 5.32 Å². The van der Waals surface area contributed by atoms with Gasteiger partial charge in [0.05, 0.1) is 5.60 Å². The Hall–Kier alpha value is -1.39. The lowest BCUT2D eigenvalue weighted by Gasteiger charge is -2.23. The molecule has 1 saturated heterocycles. The van der Waals surface area contributed by atoms with E-state index in [1.807, 2.05) is 43.1 Å². The second kappa shape index (κ2) is 7.05. The summed E-state index contributed by atoms with van der Waals surface area (Å²) in [5.41, 5.74) is 1.25. The van der Waals surface area contributed by atoms with Crippen molar-refractivity contribution in [2.24, 2.45) is 0 Å². The number of hydrogen-bond acceptors (Lipinski definition) is 3. The van der Waals surface area contributed by atoms with Crippen LogP contribution in [0.5, 0.6) is 0 Å². The number of amides is 1. The summed E-state index contributed by atoms with van der Waals surface area (Å²) in [7, 11) is 1.92. The van der Waals surface area contributed by atoms with Crippen LogP contribution in [-0.4, -0.2) is 48.2 Å². The molecule has 1 aliphatic heterocycles. The first-order valence-electron chi connectivity index (χ1n) is 7.78. The number of nitrogens with zero attached hydrogens (tertiary/aromatic N) is 1. The summed E-state index contributed by atoms with van der Waals surface area (Å²) < 4.78 is 0. The highest BCUT2D eigenvalue weighted by atomic mass is 16.3. The van der Waals surface area contributed by atoms with Crippen molar-refractivity contribution in [2.75, 3.05) is 26.7 Å². The van der Waals surface area contributed by atoms with E-state index in [0.717, 1.165) is 43.5 Å². The number of nitrogens with one attached hydrogen (secondary N) is 1. The van der Waals surface area contributed by atoms with E-state index in [-0.39, 0.29) is 5.91 Å². The van der Waals surface area contributed by atoms with Crippen molar-refractivity contribution < 1.29 is 9.90 Å². The standard InChI is InChI=1S/C17H26N2O2/c1-17(21)9-5-12-19(13-10-17)16(20)15-7-4-3-6-14(15)8-11-18-2/h3-4,6-7,18,21H,5,8-13H2,1-2H3. The Morgan fingerprint density at radius 2 is 2.10 bits per heavy atom. The average Bonchev–Trinajstić information content (AvgIpc) is 2.65. The zero-order valence-electron chi connectivity index (χ0n) is 13.1. The maximum absolute atomic E-state index is 12.8. The molecule has 2 N–H and O–H groups in total. The summed E-state index contributed by atoms with van der Waals surface area (Å²) in [5.74, 6) is 0.0967. The molecule has 4 nitrogen and oxygen atoms in total. The smallest absolute Gasteiger partial charge is 0.254 e. The van der Waals surface area contributed by atoms with Crippen molar-refractivity contribution in [3.05, 3.63) is 35.4 Å². The van der Waals surface area contributed by atoms with Gasteiger partial charge in [-0.2, -0.15) is 0 Å². The van der Waals surface area contributed by atoms with E-state index >= 15 is 0 Å². The van der Waals surface area contributed by atoms with Crippen molar-refractivity contribution >= 4 is 5.91 Å². The lowest BCUT2D eigenvalue weighted by atomic mass is 9.98. The third-order valence-electron chi connectivity index (χ3n) is 4.24. The van der Waals surface area contributed by atoms with Gasteiger partial charge in [0.2, 0.25) is 0 Å². The molecule has 1 heterocycles. The van der Waals surface area contributed by atoms with Gasteiger partial charge in [0, 0.05) is 18.7 Å². The summed E-state index contributed by atoms with van der Waals surface area (Å²) >= 11 is 0. The highest BCUT2D eigenvalue weighted by Gasteiger charge is 2.28. The first-order valence-corrected chi connectivity index (χ1v) is 7.78. The van der Waals surface area contributed by atoms with Gasteiger partial charge in [-0.3, -0.25) is 4.79 Å².